The second-order valence-electron chi connectivity index (χ2n) is 4.93. The lowest BCUT2D eigenvalue weighted by molar-refractivity contribution is -0.139. The van der Waals surface area contributed by atoms with E-state index in [0.29, 0.717) is 0 Å². The Morgan fingerprint density at radius 2 is 1.70 bits per heavy atom. The van der Waals surface area contributed by atoms with Crippen LogP contribution in [0.2, 0.25) is 0 Å². The summed E-state index contributed by atoms with van der Waals surface area (Å²) < 4.78 is 9.28. The summed E-state index contributed by atoms with van der Waals surface area (Å²) in [5.74, 6) is -1.83. The van der Waals surface area contributed by atoms with Crippen molar-refractivity contribution in [3.05, 3.63) is 47.2 Å². The molecule has 1 N–H and O–H groups in total. The summed E-state index contributed by atoms with van der Waals surface area (Å²) >= 11 is 0. The van der Waals surface area contributed by atoms with Gasteiger partial charge in [0.2, 0.25) is 0 Å². The lowest BCUT2D eigenvalue weighted by atomic mass is 10.0. The molecular formula is C17H21NO5. The predicted molar refractivity (Wildman–Crippen MR) is 84.3 cm³/mol. The third kappa shape index (κ3) is 5.25. The van der Waals surface area contributed by atoms with Crippen LogP contribution in [0.3, 0.4) is 0 Å². The molecule has 1 rings (SSSR count). The molecule has 0 radical (unpaired) electrons. The molecule has 1 atom stereocenters. The molecule has 6 heteroatoms. The van der Waals surface area contributed by atoms with Crippen LogP contribution < -0.4 is 5.32 Å². The minimum Gasteiger partial charge on any atom is -0.469 e. The van der Waals surface area contributed by atoms with E-state index in [-0.39, 0.29) is 23.7 Å². The van der Waals surface area contributed by atoms with Gasteiger partial charge in [-0.2, -0.15) is 0 Å². The van der Waals surface area contributed by atoms with Gasteiger partial charge in [-0.25, -0.2) is 4.79 Å². The molecule has 0 saturated heterocycles. The van der Waals surface area contributed by atoms with Crippen LogP contribution in [-0.4, -0.2) is 31.9 Å². The first-order valence-electron chi connectivity index (χ1n) is 7.11. The Morgan fingerprint density at radius 1 is 1.09 bits per heavy atom. The Hall–Kier alpha value is -2.63. The maximum atomic E-state index is 11.9. The average molecular weight is 319 g/mol. The number of carbonyl (C=O) groups is 3. The minimum absolute atomic E-state index is 0.180. The first-order valence-corrected chi connectivity index (χ1v) is 7.11. The zero-order valence-corrected chi connectivity index (χ0v) is 13.7. The number of benzene rings is 1. The highest BCUT2D eigenvalue weighted by Gasteiger charge is 2.24. The zero-order chi connectivity index (χ0) is 17.4. The predicted octanol–water partition coefficient (Wildman–Crippen LogP) is 1.92. The van der Waals surface area contributed by atoms with Gasteiger partial charge in [0.15, 0.2) is 5.78 Å². The van der Waals surface area contributed by atoms with Gasteiger partial charge in [0.05, 0.1) is 20.6 Å². The van der Waals surface area contributed by atoms with E-state index < -0.39 is 17.7 Å². The molecule has 0 heterocycles. The SMILES string of the molecule is COC(=O)CC(NC(C)c1ccccc1)=C(C(C)=O)C(=O)OC. The molecule has 0 saturated carbocycles. The number of methoxy groups -OCH3 is 2. The summed E-state index contributed by atoms with van der Waals surface area (Å²) in [5, 5.41) is 3.05. The monoisotopic (exact) mass is 319 g/mol. The van der Waals surface area contributed by atoms with E-state index in [4.69, 9.17) is 0 Å². The molecular weight excluding hydrogens is 298 g/mol. The van der Waals surface area contributed by atoms with Crippen molar-refractivity contribution in [3.63, 3.8) is 0 Å². The van der Waals surface area contributed by atoms with Crippen LogP contribution in [0.5, 0.6) is 0 Å². The van der Waals surface area contributed by atoms with E-state index >= 15 is 0 Å². The molecule has 0 spiro atoms. The molecule has 1 aromatic carbocycles. The van der Waals surface area contributed by atoms with E-state index in [2.05, 4.69) is 14.8 Å². The minimum atomic E-state index is -0.788. The van der Waals surface area contributed by atoms with Crippen LogP contribution in [-0.2, 0) is 23.9 Å². The molecule has 0 amide bonds. The Bertz CT molecular complexity index is 607. The van der Waals surface area contributed by atoms with Crippen LogP contribution in [0.1, 0.15) is 31.9 Å². The lowest BCUT2D eigenvalue weighted by Crippen LogP contribution is -2.27. The highest BCUT2D eigenvalue weighted by molar-refractivity contribution is 6.17. The van der Waals surface area contributed by atoms with Gasteiger partial charge in [0.25, 0.3) is 0 Å². The number of hydrogen-bond acceptors (Lipinski definition) is 6. The van der Waals surface area contributed by atoms with Crippen LogP contribution in [0, 0.1) is 0 Å². The van der Waals surface area contributed by atoms with E-state index in [1.165, 1.54) is 21.1 Å². The van der Waals surface area contributed by atoms with Gasteiger partial charge in [0.1, 0.15) is 5.57 Å². The number of nitrogens with one attached hydrogen (secondary N) is 1. The number of Topliss-reactive ketones (excluding diaryl/α,β-unsaturated/α-hetero) is 1. The maximum Gasteiger partial charge on any atom is 0.343 e. The van der Waals surface area contributed by atoms with Crippen LogP contribution in [0.25, 0.3) is 0 Å². The molecule has 0 aromatic heterocycles. The van der Waals surface area contributed by atoms with Crippen molar-refractivity contribution < 1.29 is 23.9 Å². The summed E-state index contributed by atoms with van der Waals surface area (Å²) in [6, 6.07) is 9.23. The quantitative estimate of drug-likeness (QED) is 0.358. The summed E-state index contributed by atoms with van der Waals surface area (Å²) in [7, 11) is 2.42. The molecule has 6 nitrogen and oxygen atoms in total. The standard InChI is InChI=1S/C17H21NO5/c1-11(13-8-6-5-7-9-13)18-14(10-15(20)22-3)16(12(2)19)17(21)23-4/h5-9,11,18H,10H2,1-4H3. The summed E-state index contributed by atoms with van der Waals surface area (Å²) in [6.45, 7) is 3.11. The van der Waals surface area contributed by atoms with Crippen molar-refractivity contribution in [1.82, 2.24) is 5.32 Å². The number of carbonyl (C=O) groups excluding carboxylic acids is 3. The van der Waals surface area contributed by atoms with E-state index in [9.17, 15) is 14.4 Å². The van der Waals surface area contributed by atoms with Crippen molar-refractivity contribution in [2.75, 3.05) is 14.2 Å². The van der Waals surface area contributed by atoms with Gasteiger partial charge in [-0.15, -0.1) is 0 Å². The fourth-order valence-corrected chi connectivity index (χ4v) is 2.10. The molecule has 0 fully saturated rings. The lowest BCUT2D eigenvalue weighted by Gasteiger charge is -2.20. The first kappa shape index (κ1) is 18.4. The van der Waals surface area contributed by atoms with Crippen molar-refractivity contribution in [2.24, 2.45) is 0 Å². The van der Waals surface area contributed by atoms with Crippen molar-refractivity contribution in [3.8, 4) is 0 Å². The summed E-state index contributed by atoms with van der Waals surface area (Å²) in [5.41, 5.74) is 0.955. The number of ether oxygens (including phenoxy) is 2. The zero-order valence-electron chi connectivity index (χ0n) is 13.7. The number of esters is 2. The number of rotatable bonds is 7. The molecule has 23 heavy (non-hydrogen) atoms. The van der Waals surface area contributed by atoms with Gasteiger partial charge in [-0.3, -0.25) is 9.59 Å². The molecule has 0 aliphatic heterocycles. The fraction of sp³-hybridized carbons (Fsp3) is 0.353. The number of ketones is 1. The number of hydrogen-bond donors (Lipinski definition) is 1. The largest absolute Gasteiger partial charge is 0.469 e. The molecule has 0 bridgehead atoms. The molecule has 0 aliphatic carbocycles. The van der Waals surface area contributed by atoms with E-state index in [1.807, 2.05) is 37.3 Å². The van der Waals surface area contributed by atoms with Gasteiger partial charge in [-0.05, 0) is 19.4 Å². The topological polar surface area (TPSA) is 81.7 Å². The van der Waals surface area contributed by atoms with Gasteiger partial charge in [0, 0.05) is 11.7 Å². The Balaban J connectivity index is 3.20. The Morgan fingerprint density at radius 3 is 2.17 bits per heavy atom. The highest BCUT2D eigenvalue weighted by atomic mass is 16.5. The van der Waals surface area contributed by atoms with Crippen LogP contribution in [0.15, 0.2) is 41.6 Å². The smallest absolute Gasteiger partial charge is 0.343 e. The maximum absolute atomic E-state index is 11.9. The Kier molecular flexibility index (Phi) is 6.99. The van der Waals surface area contributed by atoms with Crippen molar-refractivity contribution >= 4 is 17.7 Å². The van der Waals surface area contributed by atoms with E-state index in [1.54, 1.807) is 0 Å². The second kappa shape index (κ2) is 8.73. The van der Waals surface area contributed by atoms with Crippen molar-refractivity contribution in [1.29, 1.82) is 0 Å². The molecule has 1 unspecified atom stereocenters. The van der Waals surface area contributed by atoms with Crippen molar-refractivity contribution in [2.45, 2.75) is 26.3 Å². The molecule has 0 aliphatic rings. The summed E-state index contributed by atoms with van der Waals surface area (Å²) in [6.07, 6.45) is -0.225. The van der Waals surface area contributed by atoms with Gasteiger partial charge >= 0.3 is 11.9 Å². The van der Waals surface area contributed by atoms with Gasteiger partial charge in [-0.1, -0.05) is 30.3 Å². The third-order valence-corrected chi connectivity index (χ3v) is 3.28. The molecule has 124 valence electrons. The second-order valence-corrected chi connectivity index (χ2v) is 4.93. The molecule has 1 aromatic rings. The Labute approximate surface area is 135 Å². The van der Waals surface area contributed by atoms with Crippen LogP contribution >= 0.6 is 0 Å². The summed E-state index contributed by atoms with van der Waals surface area (Å²) in [4.78, 5) is 35.3. The van der Waals surface area contributed by atoms with Crippen LogP contribution in [0.4, 0.5) is 0 Å². The van der Waals surface area contributed by atoms with Gasteiger partial charge < -0.3 is 14.8 Å². The first-order chi connectivity index (χ1) is 10.9. The normalized spacial score (nSPS) is 12.7. The van der Waals surface area contributed by atoms with E-state index in [0.717, 1.165) is 5.56 Å². The third-order valence-electron chi connectivity index (χ3n) is 3.28. The average Bonchev–Trinajstić information content (AvgIpc) is 2.54. The highest BCUT2D eigenvalue weighted by Crippen LogP contribution is 2.18. The fourth-order valence-electron chi connectivity index (χ4n) is 2.10.